The van der Waals surface area contributed by atoms with E-state index in [4.69, 9.17) is 9.47 Å². The fraction of sp³-hybridized carbons (Fsp3) is 0.318. The number of aromatic nitrogens is 1. The van der Waals surface area contributed by atoms with Crippen molar-refractivity contribution in [2.24, 2.45) is 0 Å². The summed E-state index contributed by atoms with van der Waals surface area (Å²) < 4.78 is 10.5. The lowest BCUT2D eigenvalue weighted by molar-refractivity contribution is 0.0537. The lowest BCUT2D eigenvalue weighted by Gasteiger charge is -2.34. The Hall–Kier alpha value is -2.91. The van der Waals surface area contributed by atoms with Gasteiger partial charge in [-0.25, -0.2) is 4.98 Å². The Morgan fingerprint density at radius 2 is 1.65 bits per heavy atom. The van der Waals surface area contributed by atoms with Gasteiger partial charge in [0.2, 0.25) is 0 Å². The Balaban J connectivity index is 1.42. The predicted octanol–water partition coefficient (Wildman–Crippen LogP) is 3.80. The van der Waals surface area contributed by atoms with Crippen LogP contribution in [-0.4, -0.2) is 67.0 Å². The first-order valence-electron chi connectivity index (χ1n) is 9.83. The average molecular weight is 458 g/mol. The molecule has 2 amide bonds. The van der Waals surface area contributed by atoms with Gasteiger partial charge in [-0.1, -0.05) is 6.07 Å². The van der Waals surface area contributed by atoms with Crippen LogP contribution in [0.4, 0.5) is 0 Å². The summed E-state index contributed by atoms with van der Waals surface area (Å²) in [5.41, 5.74) is 1.29. The zero-order chi connectivity index (χ0) is 22.0. The molecule has 0 bridgehead atoms. The van der Waals surface area contributed by atoms with Crippen molar-refractivity contribution in [1.29, 1.82) is 0 Å². The highest BCUT2D eigenvalue weighted by atomic mass is 32.1. The molecule has 1 saturated heterocycles. The minimum Gasteiger partial charge on any atom is -0.493 e. The zero-order valence-electron chi connectivity index (χ0n) is 17.6. The SMILES string of the molecule is COc1ccc(C(=O)N2CCN(C(=O)c3sc(-c4cccs4)nc3C)CC2)cc1OC. The highest BCUT2D eigenvalue weighted by molar-refractivity contribution is 7.22. The van der Waals surface area contributed by atoms with E-state index < -0.39 is 0 Å². The second-order valence-electron chi connectivity index (χ2n) is 7.07. The summed E-state index contributed by atoms with van der Waals surface area (Å²) in [5, 5.41) is 2.88. The van der Waals surface area contributed by atoms with Gasteiger partial charge in [0.25, 0.3) is 11.8 Å². The van der Waals surface area contributed by atoms with E-state index in [0.29, 0.717) is 48.1 Å². The number of piperazine rings is 1. The smallest absolute Gasteiger partial charge is 0.265 e. The molecule has 162 valence electrons. The third-order valence-electron chi connectivity index (χ3n) is 5.21. The number of ether oxygens (including phenoxy) is 2. The van der Waals surface area contributed by atoms with Crippen molar-refractivity contribution < 1.29 is 19.1 Å². The second-order valence-corrected chi connectivity index (χ2v) is 9.01. The topological polar surface area (TPSA) is 72.0 Å². The van der Waals surface area contributed by atoms with Crippen LogP contribution in [0.15, 0.2) is 35.7 Å². The number of nitrogens with zero attached hydrogens (tertiary/aromatic N) is 3. The molecule has 0 aliphatic carbocycles. The molecule has 0 saturated carbocycles. The summed E-state index contributed by atoms with van der Waals surface area (Å²) in [6.07, 6.45) is 0. The minimum absolute atomic E-state index is 0.0176. The molecule has 3 aromatic rings. The molecule has 1 aromatic carbocycles. The Morgan fingerprint density at radius 3 is 2.26 bits per heavy atom. The maximum Gasteiger partial charge on any atom is 0.265 e. The Kier molecular flexibility index (Phi) is 6.24. The number of hydrogen-bond acceptors (Lipinski definition) is 7. The van der Waals surface area contributed by atoms with Gasteiger partial charge in [-0.15, -0.1) is 22.7 Å². The Morgan fingerprint density at radius 1 is 0.968 bits per heavy atom. The fourth-order valence-electron chi connectivity index (χ4n) is 3.51. The Labute approximate surface area is 188 Å². The van der Waals surface area contributed by atoms with Crippen LogP contribution < -0.4 is 9.47 Å². The van der Waals surface area contributed by atoms with Crippen molar-refractivity contribution in [2.75, 3.05) is 40.4 Å². The van der Waals surface area contributed by atoms with E-state index in [9.17, 15) is 9.59 Å². The van der Waals surface area contributed by atoms with Gasteiger partial charge in [-0.2, -0.15) is 0 Å². The van der Waals surface area contributed by atoms with E-state index >= 15 is 0 Å². The minimum atomic E-state index is -0.0815. The average Bonchev–Trinajstić information content (AvgIpc) is 3.47. The van der Waals surface area contributed by atoms with Crippen LogP contribution >= 0.6 is 22.7 Å². The van der Waals surface area contributed by atoms with Crippen LogP contribution in [0, 0.1) is 6.92 Å². The summed E-state index contributed by atoms with van der Waals surface area (Å²) in [6, 6.07) is 9.13. The number of thiophene rings is 1. The van der Waals surface area contributed by atoms with E-state index in [1.165, 1.54) is 11.3 Å². The lowest BCUT2D eigenvalue weighted by Crippen LogP contribution is -2.50. The molecular formula is C22H23N3O4S2. The van der Waals surface area contributed by atoms with Gasteiger partial charge in [-0.3, -0.25) is 9.59 Å². The summed E-state index contributed by atoms with van der Waals surface area (Å²) in [7, 11) is 3.10. The maximum atomic E-state index is 13.1. The largest absolute Gasteiger partial charge is 0.493 e. The number of thiazole rings is 1. The number of amides is 2. The molecule has 0 radical (unpaired) electrons. The predicted molar refractivity (Wildman–Crippen MR) is 122 cm³/mol. The van der Waals surface area contributed by atoms with Crippen molar-refractivity contribution in [3.63, 3.8) is 0 Å². The normalized spacial score (nSPS) is 13.9. The summed E-state index contributed by atoms with van der Waals surface area (Å²) in [5.74, 6) is 0.999. The molecule has 9 heteroatoms. The molecule has 3 heterocycles. The van der Waals surface area contributed by atoms with E-state index in [2.05, 4.69) is 4.98 Å². The van der Waals surface area contributed by atoms with Crippen LogP contribution in [0.5, 0.6) is 11.5 Å². The molecule has 0 N–H and O–H groups in total. The first-order chi connectivity index (χ1) is 15.0. The molecule has 7 nitrogen and oxygen atoms in total. The molecule has 1 fully saturated rings. The van der Waals surface area contributed by atoms with Crippen LogP contribution in [0.3, 0.4) is 0 Å². The zero-order valence-corrected chi connectivity index (χ0v) is 19.2. The van der Waals surface area contributed by atoms with Gasteiger partial charge in [0.05, 0.1) is 24.8 Å². The fourth-order valence-corrected chi connectivity index (χ4v) is 5.34. The highest BCUT2D eigenvalue weighted by Crippen LogP contribution is 2.32. The van der Waals surface area contributed by atoms with Gasteiger partial charge < -0.3 is 19.3 Å². The Bertz CT molecular complexity index is 1090. The molecular weight excluding hydrogens is 434 g/mol. The third kappa shape index (κ3) is 4.28. The second kappa shape index (κ2) is 9.07. The van der Waals surface area contributed by atoms with Gasteiger partial charge in [0, 0.05) is 31.7 Å². The monoisotopic (exact) mass is 457 g/mol. The van der Waals surface area contributed by atoms with Crippen molar-refractivity contribution in [2.45, 2.75) is 6.92 Å². The highest BCUT2D eigenvalue weighted by Gasteiger charge is 2.28. The van der Waals surface area contributed by atoms with E-state index in [0.717, 1.165) is 15.6 Å². The van der Waals surface area contributed by atoms with E-state index in [1.54, 1.807) is 53.6 Å². The molecule has 0 atom stereocenters. The number of hydrogen-bond donors (Lipinski definition) is 0. The van der Waals surface area contributed by atoms with Gasteiger partial charge in [0.15, 0.2) is 11.5 Å². The molecule has 1 aliphatic rings. The van der Waals surface area contributed by atoms with Gasteiger partial charge in [0.1, 0.15) is 9.88 Å². The summed E-state index contributed by atoms with van der Waals surface area (Å²) in [6.45, 7) is 3.81. The molecule has 1 aliphatic heterocycles. The molecule has 31 heavy (non-hydrogen) atoms. The van der Waals surface area contributed by atoms with Crippen LogP contribution in [0.25, 0.3) is 9.88 Å². The summed E-state index contributed by atoms with van der Waals surface area (Å²) >= 11 is 3.05. The van der Waals surface area contributed by atoms with Crippen molar-refractivity contribution in [3.05, 3.63) is 51.8 Å². The van der Waals surface area contributed by atoms with Crippen molar-refractivity contribution in [1.82, 2.24) is 14.8 Å². The molecule has 4 rings (SSSR count). The van der Waals surface area contributed by atoms with Crippen molar-refractivity contribution >= 4 is 34.5 Å². The number of rotatable bonds is 5. The standard InChI is InChI=1S/C22H23N3O4S2/c1-14-19(31-20(23-14)18-5-4-12-30-18)22(27)25-10-8-24(9-11-25)21(26)15-6-7-16(28-2)17(13-15)29-3/h4-7,12-13H,8-11H2,1-3H3. The van der Waals surface area contributed by atoms with E-state index in [-0.39, 0.29) is 11.8 Å². The summed E-state index contributed by atoms with van der Waals surface area (Å²) in [4.78, 5) is 35.9. The van der Waals surface area contributed by atoms with Crippen LogP contribution in [0.2, 0.25) is 0 Å². The van der Waals surface area contributed by atoms with E-state index in [1.807, 2.05) is 24.4 Å². The van der Waals surface area contributed by atoms with Crippen LogP contribution in [-0.2, 0) is 0 Å². The molecule has 0 spiro atoms. The number of methoxy groups -OCH3 is 2. The molecule has 2 aromatic heterocycles. The third-order valence-corrected chi connectivity index (χ3v) is 7.39. The van der Waals surface area contributed by atoms with Crippen molar-refractivity contribution in [3.8, 4) is 21.4 Å². The lowest BCUT2D eigenvalue weighted by atomic mass is 10.1. The first-order valence-corrected chi connectivity index (χ1v) is 11.5. The molecule has 0 unspecified atom stereocenters. The maximum absolute atomic E-state index is 13.1. The quantitative estimate of drug-likeness (QED) is 0.583. The van der Waals surface area contributed by atoms with Gasteiger partial charge >= 0.3 is 0 Å². The van der Waals surface area contributed by atoms with Gasteiger partial charge in [-0.05, 0) is 36.6 Å². The number of carbonyl (C=O) groups is 2. The number of benzene rings is 1. The first kappa shape index (κ1) is 21.3. The number of carbonyl (C=O) groups excluding carboxylic acids is 2. The number of aryl methyl sites for hydroxylation is 1. The van der Waals surface area contributed by atoms with Crippen LogP contribution in [0.1, 0.15) is 25.7 Å².